The van der Waals surface area contributed by atoms with Crippen LogP contribution in [0.3, 0.4) is 0 Å². The first kappa shape index (κ1) is 13.0. The van der Waals surface area contributed by atoms with Gasteiger partial charge in [-0.15, -0.1) is 0 Å². The standard InChI is InChI=1S/C16H20N2O3/c19-14-5-1-3-11(14)13-4-2-8-18(13)16(20)12-9-15(21-17-12)10-6-7-10/h9-11,13H,1-8H2/t11-,13-/m0/s1. The van der Waals surface area contributed by atoms with Crippen molar-refractivity contribution in [1.82, 2.24) is 10.1 Å². The Morgan fingerprint density at radius 3 is 2.81 bits per heavy atom. The molecule has 1 aromatic rings. The van der Waals surface area contributed by atoms with E-state index >= 15 is 0 Å². The maximum absolute atomic E-state index is 12.7. The second kappa shape index (κ2) is 4.97. The minimum Gasteiger partial charge on any atom is -0.360 e. The number of hydrogen-bond acceptors (Lipinski definition) is 4. The average Bonchev–Trinajstić information content (AvgIpc) is 2.93. The quantitative estimate of drug-likeness (QED) is 0.857. The van der Waals surface area contributed by atoms with Crippen molar-refractivity contribution in [3.8, 4) is 0 Å². The van der Waals surface area contributed by atoms with Crippen molar-refractivity contribution in [2.24, 2.45) is 5.92 Å². The molecule has 3 aliphatic rings. The first-order valence-corrected chi connectivity index (χ1v) is 8.04. The summed E-state index contributed by atoms with van der Waals surface area (Å²) in [6.45, 7) is 0.735. The van der Waals surface area contributed by atoms with Gasteiger partial charge in [0, 0.05) is 36.9 Å². The molecular formula is C16H20N2O3. The molecule has 2 atom stereocenters. The monoisotopic (exact) mass is 288 g/mol. The lowest BCUT2D eigenvalue weighted by molar-refractivity contribution is -0.121. The van der Waals surface area contributed by atoms with Gasteiger partial charge in [0.25, 0.3) is 5.91 Å². The van der Waals surface area contributed by atoms with Gasteiger partial charge in [-0.05, 0) is 38.5 Å². The molecule has 0 bridgehead atoms. The number of ketones is 1. The number of carbonyl (C=O) groups excluding carboxylic acids is 2. The molecule has 0 aromatic carbocycles. The number of Topliss-reactive ketones (excluding diaryl/α,β-unsaturated/α-hetero) is 1. The van der Waals surface area contributed by atoms with Gasteiger partial charge in [-0.3, -0.25) is 9.59 Å². The Hall–Kier alpha value is -1.65. The largest absolute Gasteiger partial charge is 0.360 e. The average molecular weight is 288 g/mol. The van der Waals surface area contributed by atoms with Crippen LogP contribution in [0.5, 0.6) is 0 Å². The van der Waals surface area contributed by atoms with E-state index in [1.54, 1.807) is 6.07 Å². The van der Waals surface area contributed by atoms with E-state index in [2.05, 4.69) is 5.16 Å². The second-order valence-electron chi connectivity index (χ2n) is 6.56. The first-order valence-electron chi connectivity index (χ1n) is 8.04. The fourth-order valence-corrected chi connectivity index (χ4v) is 3.81. The van der Waals surface area contributed by atoms with E-state index in [1.165, 1.54) is 0 Å². The Kier molecular flexibility index (Phi) is 3.08. The van der Waals surface area contributed by atoms with Crippen molar-refractivity contribution >= 4 is 11.7 Å². The molecule has 5 nitrogen and oxygen atoms in total. The molecule has 3 fully saturated rings. The van der Waals surface area contributed by atoms with E-state index < -0.39 is 0 Å². The summed E-state index contributed by atoms with van der Waals surface area (Å²) in [7, 11) is 0. The van der Waals surface area contributed by atoms with Crippen LogP contribution in [0.4, 0.5) is 0 Å². The zero-order valence-electron chi connectivity index (χ0n) is 12.1. The fraction of sp³-hybridized carbons (Fsp3) is 0.688. The SMILES string of the molecule is O=C1CCC[C@H]1[C@@H]1CCCN1C(=O)c1cc(C2CC2)on1. The Balaban J connectivity index is 1.52. The minimum atomic E-state index is -0.0622. The van der Waals surface area contributed by atoms with Crippen LogP contribution in [0, 0.1) is 5.92 Å². The van der Waals surface area contributed by atoms with E-state index in [0.29, 0.717) is 23.8 Å². The molecule has 0 spiro atoms. The summed E-state index contributed by atoms with van der Waals surface area (Å²) >= 11 is 0. The van der Waals surface area contributed by atoms with E-state index in [9.17, 15) is 9.59 Å². The minimum absolute atomic E-state index is 0.0475. The van der Waals surface area contributed by atoms with Crippen LogP contribution in [0.15, 0.2) is 10.6 Å². The summed E-state index contributed by atoms with van der Waals surface area (Å²) in [5.74, 6) is 1.62. The van der Waals surface area contributed by atoms with Gasteiger partial charge in [-0.1, -0.05) is 5.16 Å². The lowest BCUT2D eigenvalue weighted by atomic mass is 9.95. The van der Waals surface area contributed by atoms with Crippen LogP contribution in [0.1, 0.15) is 67.1 Å². The molecule has 112 valence electrons. The van der Waals surface area contributed by atoms with Gasteiger partial charge in [0.05, 0.1) is 0 Å². The molecule has 21 heavy (non-hydrogen) atoms. The Labute approximate surface area is 123 Å². The van der Waals surface area contributed by atoms with Gasteiger partial charge in [0.2, 0.25) is 0 Å². The highest BCUT2D eigenvalue weighted by atomic mass is 16.5. The molecule has 1 aliphatic heterocycles. The van der Waals surface area contributed by atoms with Gasteiger partial charge in [0.1, 0.15) is 11.5 Å². The van der Waals surface area contributed by atoms with E-state index in [1.807, 2.05) is 4.90 Å². The molecule has 2 heterocycles. The van der Waals surface area contributed by atoms with Gasteiger partial charge in [-0.2, -0.15) is 0 Å². The number of aromatic nitrogens is 1. The Morgan fingerprint density at radius 2 is 2.10 bits per heavy atom. The summed E-state index contributed by atoms with van der Waals surface area (Å²) < 4.78 is 5.29. The third-order valence-corrected chi connectivity index (χ3v) is 5.10. The molecule has 0 radical (unpaired) electrons. The van der Waals surface area contributed by atoms with Crippen molar-refractivity contribution in [3.63, 3.8) is 0 Å². The van der Waals surface area contributed by atoms with Crippen LogP contribution in [-0.2, 0) is 4.79 Å². The predicted octanol–water partition coefficient (Wildman–Crippen LogP) is 2.53. The zero-order chi connectivity index (χ0) is 14.4. The highest BCUT2D eigenvalue weighted by Crippen LogP contribution is 2.40. The maximum Gasteiger partial charge on any atom is 0.276 e. The second-order valence-corrected chi connectivity index (χ2v) is 6.56. The first-order chi connectivity index (χ1) is 10.2. The Bertz CT molecular complexity index is 576. The normalized spacial score (nSPS) is 29.3. The summed E-state index contributed by atoms with van der Waals surface area (Å²) in [6.07, 6.45) is 6.76. The predicted molar refractivity (Wildman–Crippen MR) is 74.9 cm³/mol. The summed E-state index contributed by atoms with van der Waals surface area (Å²) in [5, 5.41) is 3.95. The van der Waals surface area contributed by atoms with Crippen molar-refractivity contribution < 1.29 is 14.1 Å². The number of likely N-dealkylation sites (tertiary alicyclic amines) is 1. The van der Waals surface area contributed by atoms with Gasteiger partial charge in [0.15, 0.2) is 5.69 Å². The maximum atomic E-state index is 12.7. The van der Waals surface area contributed by atoms with Crippen molar-refractivity contribution in [2.75, 3.05) is 6.54 Å². The third-order valence-electron chi connectivity index (χ3n) is 5.10. The molecule has 5 heteroatoms. The van der Waals surface area contributed by atoms with Crippen molar-refractivity contribution in [2.45, 2.75) is 56.9 Å². The summed E-state index contributed by atoms with van der Waals surface area (Å²) in [6, 6.07) is 1.87. The molecule has 0 N–H and O–H groups in total. The molecule has 0 unspecified atom stereocenters. The fourth-order valence-electron chi connectivity index (χ4n) is 3.81. The molecule has 2 aliphatic carbocycles. The van der Waals surface area contributed by atoms with Crippen LogP contribution in [0.2, 0.25) is 0 Å². The smallest absolute Gasteiger partial charge is 0.276 e. The van der Waals surface area contributed by atoms with Crippen LogP contribution in [0.25, 0.3) is 0 Å². The molecule has 1 aromatic heterocycles. The van der Waals surface area contributed by atoms with Crippen LogP contribution < -0.4 is 0 Å². The number of nitrogens with zero attached hydrogens (tertiary/aromatic N) is 2. The lowest BCUT2D eigenvalue weighted by Crippen LogP contribution is -2.41. The lowest BCUT2D eigenvalue weighted by Gasteiger charge is -2.27. The van der Waals surface area contributed by atoms with E-state index in [0.717, 1.165) is 50.8 Å². The van der Waals surface area contributed by atoms with Gasteiger partial charge in [-0.25, -0.2) is 0 Å². The van der Waals surface area contributed by atoms with E-state index in [4.69, 9.17) is 4.52 Å². The topological polar surface area (TPSA) is 63.4 Å². The number of amides is 1. The third kappa shape index (κ3) is 2.28. The van der Waals surface area contributed by atoms with E-state index in [-0.39, 0.29) is 17.9 Å². The van der Waals surface area contributed by atoms with Crippen molar-refractivity contribution in [1.29, 1.82) is 0 Å². The molecule has 4 rings (SSSR count). The molecule has 2 saturated carbocycles. The number of carbonyl (C=O) groups is 2. The molecule has 1 amide bonds. The highest BCUT2D eigenvalue weighted by Gasteiger charge is 2.41. The summed E-state index contributed by atoms with van der Waals surface area (Å²) in [4.78, 5) is 26.5. The molecular weight excluding hydrogens is 268 g/mol. The number of hydrogen-bond donors (Lipinski definition) is 0. The van der Waals surface area contributed by atoms with Crippen molar-refractivity contribution in [3.05, 3.63) is 17.5 Å². The van der Waals surface area contributed by atoms with Crippen LogP contribution in [-0.4, -0.2) is 34.3 Å². The zero-order valence-corrected chi connectivity index (χ0v) is 12.1. The Morgan fingerprint density at radius 1 is 1.24 bits per heavy atom. The van der Waals surface area contributed by atoms with Crippen LogP contribution >= 0.6 is 0 Å². The molecule has 1 saturated heterocycles. The van der Waals surface area contributed by atoms with Gasteiger partial charge < -0.3 is 9.42 Å². The summed E-state index contributed by atoms with van der Waals surface area (Å²) in [5.41, 5.74) is 0.411. The highest BCUT2D eigenvalue weighted by molar-refractivity contribution is 5.93. The number of rotatable bonds is 3. The van der Waals surface area contributed by atoms with Gasteiger partial charge >= 0.3 is 0 Å².